The topological polar surface area (TPSA) is 59.4 Å². The maximum absolute atomic E-state index is 13.3. The number of carbonyl (C=O) groups excluding carboxylic acids is 1. The van der Waals surface area contributed by atoms with Gasteiger partial charge in [0.1, 0.15) is 0 Å². The molecule has 0 unspecified atom stereocenters. The number of hydrogen-bond donors (Lipinski definition) is 1. The van der Waals surface area contributed by atoms with E-state index in [1.807, 2.05) is 4.90 Å². The van der Waals surface area contributed by atoms with E-state index in [0.717, 1.165) is 37.9 Å². The lowest BCUT2D eigenvalue weighted by Crippen LogP contribution is -2.41. The Bertz CT molecular complexity index is 883. The van der Waals surface area contributed by atoms with E-state index in [-0.39, 0.29) is 5.91 Å². The van der Waals surface area contributed by atoms with Gasteiger partial charge in [-0.05, 0) is 37.7 Å². The van der Waals surface area contributed by atoms with Gasteiger partial charge in [0, 0.05) is 43.5 Å². The van der Waals surface area contributed by atoms with E-state index in [2.05, 4.69) is 55.0 Å². The maximum Gasteiger partial charge on any atom is 0.274 e. The van der Waals surface area contributed by atoms with Crippen molar-refractivity contribution in [1.29, 1.82) is 0 Å². The van der Waals surface area contributed by atoms with Crippen molar-refractivity contribution >= 4 is 5.91 Å². The molecule has 2 aliphatic rings. The first-order valence-electron chi connectivity index (χ1n) is 11.3. The van der Waals surface area contributed by atoms with Crippen LogP contribution in [0.15, 0.2) is 24.3 Å². The first-order chi connectivity index (χ1) is 14.5. The highest BCUT2D eigenvalue weighted by atomic mass is 16.5. The Morgan fingerprint density at radius 1 is 1.30 bits per heavy atom. The summed E-state index contributed by atoms with van der Waals surface area (Å²) in [6, 6.07) is 9.01. The van der Waals surface area contributed by atoms with E-state index in [4.69, 9.17) is 9.84 Å². The zero-order valence-corrected chi connectivity index (χ0v) is 18.5. The van der Waals surface area contributed by atoms with Crippen LogP contribution in [-0.4, -0.2) is 52.9 Å². The van der Waals surface area contributed by atoms with E-state index in [0.29, 0.717) is 44.0 Å². The number of hydrogen-bond acceptors (Lipinski definition) is 4. The number of rotatable bonds is 6. The minimum absolute atomic E-state index is 0.0661. The van der Waals surface area contributed by atoms with Crippen LogP contribution in [0.1, 0.15) is 53.1 Å². The summed E-state index contributed by atoms with van der Waals surface area (Å²) < 4.78 is 7.53. The molecule has 0 spiro atoms. The Morgan fingerprint density at radius 2 is 2.10 bits per heavy atom. The highest BCUT2D eigenvalue weighted by molar-refractivity contribution is 5.94. The molecule has 1 saturated heterocycles. The fraction of sp³-hybridized carbons (Fsp3) is 0.583. The van der Waals surface area contributed by atoms with Crippen LogP contribution >= 0.6 is 0 Å². The number of benzene rings is 1. The molecule has 1 fully saturated rings. The highest BCUT2D eigenvalue weighted by Gasteiger charge is 2.31. The largest absolute Gasteiger partial charge is 0.378 e. The van der Waals surface area contributed by atoms with Crippen molar-refractivity contribution in [3.8, 4) is 0 Å². The van der Waals surface area contributed by atoms with Crippen LogP contribution in [0.25, 0.3) is 0 Å². The van der Waals surface area contributed by atoms with E-state index < -0.39 is 0 Å². The quantitative estimate of drug-likeness (QED) is 0.795. The average Bonchev–Trinajstić information content (AvgIpc) is 3.09. The summed E-state index contributed by atoms with van der Waals surface area (Å²) in [5.41, 5.74) is 5.66. The number of nitrogens with one attached hydrogen (secondary N) is 1. The molecule has 30 heavy (non-hydrogen) atoms. The van der Waals surface area contributed by atoms with Crippen LogP contribution in [0.3, 0.4) is 0 Å². The Balaban J connectivity index is 1.53. The minimum atomic E-state index is 0.0661. The van der Waals surface area contributed by atoms with Crippen molar-refractivity contribution in [3.63, 3.8) is 0 Å². The second-order valence-electron chi connectivity index (χ2n) is 9.06. The number of carbonyl (C=O) groups is 1. The molecular formula is C24H34N4O2. The molecule has 162 valence electrons. The molecule has 0 radical (unpaired) electrons. The summed E-state index contributed by atoms with van der Waals surface area (Å²) in [6.07, 6.45) is 2.91. The fourth-order valence-electron chi connectivity index (χ4n) is 4.53. The molecule has 2 aromatic rings. The summed E-state index contributed by atoms with van der Waals surface area (Å²) >= 11 is 0. The second-order valence-corrected chi connectivity index (χ2v) is 9.06. The summed E-state index contributed by atoms with van der Waals surface area (Å²) in [5.74, 6) is 0.564. The summed E-state index contributed by atoms with van der Waals surface area (Å²) in [6.45, 7) is 10.8. The van der Waals surface area contributed by atoms with Gasteiger partial charge < -0.3 is 15.0 Å². The summed E-state index contributed by atoms with van der Waals surface area (Å²) in [7, 11) is 0. The molecule has 0 bridgehead atoms. The molecule has 6 nitrogen and oxygen atoms in total. The summed E-state index contributed by atoms with van der Waals surface area (Å²) in [5, 5.41) is 8.55. The van der Waals surface area contributed by atoms with Gasteiger partial charge >= 0.3 is 0 Å². The van der Waals surface area contributed by atoms with Crippen molar-refractivity contribution in [2.75, 3.05) is 26.3 Å². The molecule has 1 N–H and O–H groups in total. The SMILES string of the molecule is Cc1cccc(CN[C@@H]2CCc3c(c(C(=O)N4CCOCC4)nn3CC(C)C)C2)c1. The van der Waals surface area contributed by atoms with Gasteiger partial charge in [0.15, 0.2) is 5.69 Å². The fourth-order valence-corrected chi connectivity index (χ4v) is 4.53. The van der Waals surface area contributed by atoms with E-state index >= 15 is 0 Å². The highest BCUT2D eigenvalue weighted by Crippen LogP contribution is 2.27. The molecule has 1 aromatic heterocycles. The van der Waals surface area contributed by atoms with Gasteiger partial charge in [0.05, 0.1) is 13.2 Å². The van der Waals surface area contributed by atoms with Gasteiger partial charge in [-0.1, -0.05) is 43.7 Å². The number of nitrogens with zero attached hydrogens (tertiary/aromatic N) is 3. The molecular weight excluding hydrogens is 376 g/mol. The van der Waals surface area contributed by atoms with Gasteiger partial charge in [0.2, 0.25) is 0 Å². The third-order valence-electron chi connectivity index (χ3n) is 6.06. The Kier molecular flexibility index (Phi) is 6.54. The minimum Gasteiger partial charge on any atom is -0.378 e. The van der Waals surface area contributed by atoms with Gasteiger partial charge in [-0.15, -0.1) is 0 Å². The predicted molar refractivity (Wildman–Crippen MR) is 118 cm³/mol. The van der Waals surface area contributed by atoms with Crippen molar-refractivity contribution in [3.05, 3.63) is 52.3 Å². The van der Waals surface area contributed by atoms with Gasteiger partial charge in [0.25, 0.3) is 5.91 Å². The predicted octanol–water partition coefficient (Wildman–Crippen LogP) is 2.97. The summed E-state index contributed by atoms with van der Waals surface area (Å²) in [4.78, 5) is 15.2. The monoisotopic (exact) mass is 410 g/mol. The third kappa shape index (κ3) is 4.76. The van der Waals surface area contributed by atoms with E-state index in [1.165, 1.54) is 16.8 Å². The first-order valence-corrected chi connectivity index (χ1v) is 11.3. The molecule has 1 aliphatic carbocycles. The number of morpholine rings is 1. The third-order valence-corrected chi connectivity index (χ3v) is 6.06. The Hall–Kier alpha value is -2.18. The lowest BCUT2D eigenvalue weighted by molar-refractivity contribution is 0.0297. The molecule has 4 rings (SSSR count). The smallest absolute Gasteiger partial charge is 0.274 e. The number of ether oxygens (including phenoxy) is 1. The van der Waals surface area contributed by atoms with E-state index in [1.54, 1.807) is 0 Å². The standard InChI is InChI=1S/C24H34N4O2/c1-17(2)16-28-22-8-7-20(25-15-19-6-4-5-18(3)13-19)14-21(22)23(26-28)24(29)27-9-11-30-12-10-27/h4-6,13,17,20,25H,7-12,14-16H2,1-3H3/t20-/m1/s1. The molecule has 0 saturated carbocycles. The molecule has 6 heteroatoms. The van der Waals surface area contributed by atoms with Crippen LogP contribution < -0.4 is 5.32 Å². The Labute approximate surface area is 179 Å². The van der Waals surface area contributed by atoms with Crippen molar-refractivity contribution in [2.24, 2.45) is 5.92 Å². The lowest BCUT2D eigenvalue weighted by atomic mass is 9.90. The number of aryl methyl sites for hydroxylation is 1. The first kappa shape index (κ1) is 21.1. The van der Waals surface area contributed by atoms with Gasteiger partial charge in [-0.3, -0.25) is 9.48 Å². The van der Waals surface area contributed by atoms with Crippen LogP contribution in [0.2, 0.25) is 0 Å². The molecule has 1 atom stereocenters. The van der Waals surface area contributed by atoms with Crippen LogP contribution in [-0.2, 0) is 30.7 Å². The van der Waals surface area contributed by atoms with Gasteiger partial charge in [-0.2, -0.15) is 5.10 Å². The zero-order valence-electron chi connectivity index (χ0n) is 18.5. The van der Waals surface area contributed by atoms with Crippen LogP contribution in [0.4, 0.5) is 0 Å². The number of aromatic nitrogens is 2. The zero-order chi connectivity index (χ0) is 21.1. The van der Waals surface area contributed by atoms with Crippen molar-refractivity contribution < 1.29 is 9.53 Å². The molecule has 2 heterocycles. The normalized spacial score (nSPS) is 19.2. The maximum atomic E-state index is 13.3. The number of amides is 1. The Morgan fingerprint density at radius 3 is 2.83 bits per heavy atom. The number of fused-ring (bicyclic) bond motifs is 1. The van der Waals surface area contributed by atoms with E-state index in [9.17, 15) is 4.79 Å². The van der Waals surface area contributed by atoms with Crippen LogP contribution in [0.5, 0.6) is 0 Å². The molecule has 1 aromatic carbocycles. The van der Waals surface area contributed by atoms with Crippen molar-refractivity contribution in [1.82, 2.24) is 20.0 Å². The second kappa shape index (κ2) is 9.31. The average molecular weight is 411 g/mol. The van der Waals surface area contributed by atoms with Gasteiger partial charge in [-0.25, -0.2) is 0 Å². The molecule has 1 amide bonds. The van der Waals surface area contributed by atoms with Crippen LogP contribution in [0, 0.1) is 12.8 Å². The molecule has 1 aliphatic heterocycles. The lowest BCUT2D eigenvalue weighted by Gasteiger charge is -2.28. The van der Waals surface area contributed by atoms with Crippen molar-refractivity contribution in [2.45, 2.75) is 59.2 Å².